The molecule has 3 aromatic rings. The standard InChI is InChI=1S/C15H13F2N3O/c1-20-14-4-3-8(21-2)5-13(14)19-15(20)9-6-10(16)11(17)7-12(9)18/h3-7H,18H2,1-2H3. The van der Waals surface area contributed by atoms with Gasteiger partial charge in [0.1, 0.15) is 11.6 Å². The van der Waals surface area contributed by atoms with Crippen LogP contribution in [-0.2, 0) is 7.05 Å². The van der Waals surface area contributed by atoms with Crippen molar-refractivity contribution in [2.24, 2.45) is 7.05 Å². The average Bonchev–Trinajstić information content (AvgIpc) is 2.79. The van der Waals surface area contributed by atoms with Crippen molar-refractivity contribution in [3.05, 3.63) is 42.0 Å². The highest BCUT2D eigenvalue weighted by Crippen LogP contribution is 2.31. The summed E-state index contributed by atoms with van der Waals surface area (Å²) in [5.41, 5.74) is 7.81. The molecule has 0 amide bonds. The van der Waals surface area contributed by atoms with Gasteiger partial charge in [0.05, 0.1) is 18.1 Å². The number of hydrogen-bond donors (Lipinski definition) is 1. The fourth-order valence-electron chi connectivity index (χ4n) is 2.30. The second-order valence-electron chi connectivity index (χ2n) is 4.70. The fourth-order valence-corrected chi connectivity index (χ4v) is 2.30. The predicted molar refractivity (Wildman–Crippen MR) is 77.0 cm³/mol. The first-order valence-corrected chi connectivity index (χ1v) is 6.26. The van der Waals surface area contributed by atoms with Gasteiger partial charge in [-0.3, -0.25) is 0 Å². The molecule has 0 aliphatic heterocycles. The van der Waals surface area contributed by atoms with E-state index in [0.717, 1.165) is 17.6 Å². The minimum Gasteiger partial charge on any atom is -0.497 e. The molecule has 2 N–H and O–H groups in total. The molecule has 0 bridgehead atoms. The van der Waals surface area contributed by atoms with E-state index in [1.807, 2.05) is 12.1 Å². The van der Waals surface area contributed by atoms with Gasteiger partial charge in [-0.2, -0.15) is 0 Å². The minimum absolute atomic E-state index is 0.138. The van der Waals surface area contributed by atoms with Gasteiger partial charge >= 0.3 is 0 Å². The molecular formula is C15H13F2N3O. The van der Waals surface area contributed by atoms with Crippen LogP contribution >= 0.6 is 0 Å². The van der Waals surface area contributed by atoms with Crippen molar-refractivity contribution in [2.75, 3.05) is 12.8 Å². The molecule has 0 unspecified atom stereocenters. The zero-order chi connectivity index (χ0) is 15.1. The molecule has 0 atom stereocenters. The van der Waals surface area contributed by atoms with Gasteiger partial charge in [0.25, 0.3) is 0 Å². The molecule has 6 heteroatoms. The summed E-state index contributed by atoms with van der Waals surface area (Å²) in [6, 6.07) is 7.45. The summed E-state index contributed by atoms with van der Waals surface area (Å²) in [7, 11) is 3.36. The first-order chi connectivity index (χ1) is 10.0. The number of halogens is 2. The minimum atomic E-state index is -0.975. The van der Waals surface area contributed by atoms with E-state index in [1.54, 1.807) is 24.8 Å². The lowest BCUT2D eigenvalue weighted by Gasteiger charge is -2.07. The number of anilines is 1. The second-order valence-corrected chi connectivity index (χ2v) is 4.70. The van der Waals surface area contributed by atoms with Crippen molar-refractivity contribution < 1.29 is 13.5 Å². The van der Waals surface area contributed by atoms with E-state index in [4.69, 9.17) is 10.5 Å². The van der Waals surface area contributed by atoms with Gasteiger partial charge in [0.2, 0.25) is 0 Å². The maximum absolute atomic E-state index is 13.5. The summed E-state index contributed by atoms with van der Waals surface area (Å²) in [5.74, 6) is -0.791. The van der Waals surface area contributed by atoms with Crippen molar-refractivity contribution in [3.63, 3.8) is 0 Å². The van der Waals surface area contributed by atoms with Crippen molar-refractivity contribution >= 4 is 16.7 Å². The molecule has 1 heterocycles. The Balaban J connectivity index is 2.25. The molecule has 0 saturated carbocycles. The van der Waals surface area contributed by atoms with E-state index >= 15 is 0 Å². The number of nitrogens with zero attached hydrogens (tertiary/aromatic N) is 2. The van der Waals surface area contributed by atoms with E-state index in [1.165, 1.54) is 0 Å². The summed E-state index contributed by atoms with van der Waals surface area (Å²) in [6.45, 7) is 0. The van der Waals surface area contributed by atoms with Crippen molar-refractivity contribution in [2.45, 2.75) is 0 Å². The highest BCUT2D eigenvalue weighted by atomic mass is 19.2. The number of nitrogen functional groups attached to an aromatic ring is 1. The molecule has 0 fully saturated rings. The Bertz CT molecular complexity index is 843. The topological polar surface area (TPSA) is 53.1 Å². The Morgan fingerprint density at radius 1 is 1.14 bits per heavy atom. The number of ether oxygens (including phenoxy) is 1. The monoisotopic (exact) mass is 289 g/mol. The van der Waals surface area contributed by atoms with Crippen LogP contribution in [0.15, 0.2) is 30.3 Å². The molecule has 0 aliphatic carbocycles. The van der Waals surface area contributed by atoms with Crippen LogP contribution in [0.3, 0.4) is 0 Å². The largest absolute Gasteiger partial charge is 0.497 e. The molecule has 4 nitrogen and oxygen atoms in total. The molecule has 2 aromatic carbocycles. The molecule has 0 spiro atoms. The highest BCUT2D eigenvalue weighted by molar-refractivity contribution is 5.84. The van der Waals surface area contributed by atoms with Crippen LogP contribution in [0.1, 0.15) is 0 Å². The van der Waals surface area contributed by atoms with Crippen LogP contribution in [0.2, 0.25) is 0 Å². The lowest BCUT2D eigenvalue weighted by atomic mass is 10.1. The number of fused-ring (bicyclic) bond motifs is 1. The molecule has 1 aromatic heterocycles. The van der Waals surface area contributed by atoms with E-state index < -0.39 is 11.6 Å². The van der Waals surface area contributed by atoms with Gasteiger partial charge in [-0.1, -0.05) is 0 Å². The lowest BCUT2D eigenvalue weighted by Crippen LogP contribution is -1.99. The lowest BCUT2D eigenvalue weighted by molar-refractivity contribution is 0.415. The molecule has 0 radical (unpaired) electrons. The normalized spacial score (nSPS) is 11.0. The second kappa shape index (κ2) is 4.73. The number of benzene rings is 2. The van der Waals surface area contributed by atoms with E-state index in [2.05, 4.69) is 4.98 Å². The van der Waals surface area contributed by atoms with Crippen LogP contribution in [0, 0.1) is 11.6 Å². The fraction of sp³-hybridized carbons (Fsp3) is 0.133. The molecule has 0 aliphatic rings. The third-order valence-corrected chi connectivity index (χ3v) is 3.42. The van der Waals surface area contributed by atoms with Crippen LogP contribution in [0.5, 0.6) is 5.75 Å². The number of aryl methyl sites for hydroxylation is 1. The van der Waals surface area contributed by atoms with E-state index in [0.29, 0.717) is 22.7 Å². The Labute approximate surface area is 119 Å². The third-order valence-electron chi connectivity index (χ3n) is 3.42. The van der Waals surface area contributed by atoms with E-state index in [9.17, 15) is 8.78 Å². The molecule has 3 rings (SSSR count). The van der Waals surface area contributed by atoms with Crippen LogP contribution in [0.25, 0.3) is 22.4 Å². The van der Waals surface area contributed by atoms with Crippen LogP contribution in [0.4, 0.5) is 14.5 Å². The molecule has 108 valence electrons. The Morgan fingerprint density at radius 3 is 2.57 bits per heavy atom. The van der Waals surface area contributed by atoms with Gasteiger partial charge < -0.3 is 15.0 Å². The maximum atomic E-state index is 13.5. The Morgan fingerprint density at radius 2 is 1.86 bits per heavy atom. The number of imidazole rings is 1. The summed E-state index contributed by atoms with van der Waals surface area (Å²) >= 11 is 0. The number of nitrogens with two attached hydrogens (primary N) is 1. The highest BCUT2D eigenvalue weighted by Gasteiger charge is 2.16. The number of rotatable bonds is 2. The summed E-state index contributed by atoms with van der Waals surface area (Å²) in [6.07, 6.45) is 0. The average molecular weight is 289 g/mol. The first kappa shape index (κ1) is 13.4. The molecule has 0 saturated heterocycles. The molecule has 21 heavy (non-hydrogen) atoms. The maximum Gasteiger partial charge on any atom is 0.160 e. The predicted octanol–water partition coefficient (Wildman–Crippen LogP) is 3.11. The summed E-state index contributed by atoms with van der Waals surface area (Å²) < 4.78 is 33.6. The molecular weight excluding hydrogens is 276 g/mol. The van der Waals surface area contributed by atoms with Crippen molar-refractivity contribution in [1.82, 2.24) is 9.55 Å². The third kappa shape index (κ3) is 2.08. The summed E-state index contributed by atoms with van der Waals surface area (Å²) in [4.78, 5) is 4.44. The zero-order valence-corrected chi connectivity index (χ0v) is 11.5. The Hall–Kier alpha value is -2.63. The van der Waals surface area contributed by atoms with Gasteiger partial charge in [0.15, 0.2) is 11.6 Å². The number of methoxy groups -OCH3 is 1. The van der Waals surface area contributed by atoms with Crippen LogP contribution in [-0.4, -0.2) is 16.7 Å². The van der Waals surface area contributed by atoms with Crippen LogP contribution < -0.4 is 10.5 Å². The van der Waals surface area contributed by atoms with E-state index in [-0.39, 0.29) is 5.69 Å². The SMILES string of the molecule is COc1ccc2c(c1)nc(-c1cc(F)c(F)cc1N)n2C. The first-order valence-electron chi connectivity index (χ1n) is 6.26. The number of aromatic nitrogens is 2. The summed E-state index contributed by atoms with van der Waals surface area (Å²) in [5, 5.41) is 0. The van der Waals surface area contributed by atoms with Crippen molar-refractivity contribution in [3.8, 4) is 17.1 Å². The Kier molecular flexibility index (Phi) is 3.01. The van der Waals surface area contributed by atoms with Crippen molar-refractivity contribution in [1.29, 1.82) is 0 Å². The zero-order valence-electron chi connectivity index (χ0n) is 11.5. The smallest absolute Gasteiger partial charge is 0.160 e. The van der Waals surface area contributed by atoms with Gasteiger partial charge in [0, 0.05) is 30.4 Å². The quantitative estimate of drug-likeness (QED) is 0.737. The number of hydrogen-bond acceptors (Lipinski definition) is 3. The van der Waals surface area contributed by atoms with Gasteiger partial charge in [-0.25, -0.2) is 13.8 Å². The van der Waals surface area contributed by atoms with Gasteiger partial charge in [-0.05, 0) is 18.2 Å². The van der Waals surface area contributed by atoms with Gasteiger partial charge in [-0.15, -0.1) is 0 Å².